The van der Waals surface area contributed by atoms with Crippen molar-refractivity contribution in [2.45, 2.75) is 26.2 Å². The van der Waals surface area contributed by atoms with Gasteiger partial charge in [-0.2, -0.15) is 0 Å². The minimum atomic E-state index is -0.602. The van der Waals surface area contributed by atoms with E-state index in [-0.39, 0.29) is 23.2 Å². The third kappa shape index (κ3) is 5.12. The predicted octanol–water partition coefficient (Wildman–Crippen LogP) is 2.40. The number of aliphatic hydroxyl groups is 1. The summed E-state index contributed by atoms with van der Waals surface area (Å²) in [6.07, 6.45) is 3.48. The van der Waals surface area contributed by atoms with Crippen LogP contribution in [0.5, 0.6) is 0 Å². The topological polar surface area (TPSA) is 62.2 Å². The highest BCUT2D eigenvalue weighted by atomic mass is 35.5. The fourth-order valence-corrected chi connectivity index (χ4v) is 2.04. The van der Waals surface area contributed by atoms with Crippen molar-refractivity contribution in [2.75, 3.05) is 13.2 Å². The van der Waals surface area contributed by atoms with Gasteiger partial charge in [0.2, 0.25) is 0 Å². The first-order chi connectivity index (χ1) is 9.08. The van der Waals surface area contributed by atoms with E-state index in [1.807, 2.05) is 6.92 Å². The third-order valence-corrected chi connectivity index (χ3v) is 3.14. The summed E-state index contributed by atoms with van der Waals surface area (Å²) in [5, 5.41) is 11.6. The molecule has 0 saturated carbocycles. The van der Waals surface area contributed by atoms with Crippen molar-refractivity contribution in [3.63, 3.8) is 0 Å². The molecule has 2 N–H and O–H groups in total. The van der Waals surface area contributed by atoms with E-state index in [9.17, 15) is 9.18 Å². The number of halogens is 2. The van der Waals surface area contributed by atoms with Gasteiger partial charge in [-0.3, -0.25) is 4.79 Å². The van der Waals surface area contributed by atoms with Crippen molar-refractivity contribution < 1.29 is 14.3 Å². The van der Waals surface area contributed by atoms with Crippen molar-refractivity contribution in [2.24, 2.45) is 5.92 Å². The zero-order chi connectivity index (χ0) is 14.3. The molecule has 0 radical (unpaired) electrons. The molecule has 0 saturated heterocycles. The number of pyridine rings is 1. The monoisotopic (exact) mass is 288 g/mol. The van der Waals surface area contributed by atoms with E-state index >= 15 is 0 Å². The lowest BCUT2D eigenvalue weighted by molar-refractivity contribution is 0.0942. The van der Waals surface area contributed by atoms with Gasteiger partial charge in [0.05, 0.1) is 11.8 Å². The summed E-state index contributed by atoms with van der Waals surface area (Å²) in [4.78, 5) is 15.5. The van der Waals surface area contributed by atoms with Crippen LogP contribution in [0.1, 0.15) is 36.5 Å². The Morgan fingerprint density at radius 2 is 2.32 bits per heavy atom. The normalized spacial score (nSPS) is 12.2. The Morgan fingerprint density at radius 1 is 1.58 bits per heavy atom. The van der Waals surface area contributed by atoms with Crippen LogP contribution in [0.4, 0.5) is 4.39 Å². The molecular formula is C13H18ClFN2O2. The number of amides is 1. The van der Waals surface area contributed by atoms with Gasteiger partial charge in [0.25, 0.3) is 5.91 Å². The number of carbonyl (C=O) groups excluding carboxylic acids is 1. The van der Waals surface area contributed by atoms with Crippen molar-refractivity contribution in [3.05, 3.63) is 28.8 Å². The number of nitrogens with zero attached hydrogens (tertiary/aromatic N) is 1. The Balaban J connectivity index is 2.61. The molecule has 0 aromatic carbocycles. The minimum absolute atomic E-state index is 0.0203. The van der Waals surface area contributed by atoms with Crippen LogP contribution < -0.4 is 5.32 Å². The molecule has 0 bridgehead atoms. The van der Waals surface area contributed by atoms with Crippen molar-refractivity contribution >= 4 is 17.5 Å². The van der Waals surface area contributed by atoms with Crippen LogP contribution >= 0.6 is 11.6 Å². The second kappa shape index (κ2) is 8.07. The Bertz CT molecular complexity index is 423. The zero-order valence-corrected chi connectivity index (χ0v) is 11.6. The molecule has 4 nitrogen and oxygen atoms in total. The van der Waals surface area contributed by atoms with E-state index in [0.717, 1.165) is 25.1 Å². The molecule has 106 valence electrons. The standard InChI is InChI=1S/C13H18ClFN2O2/c1-2-3-9(4-5-18)7-17-13(19)11-6-10(15)8-16-12(11)14/h6,8-9,18H,2-5,7H2,1H3,(H,17,19). The Morgan fingerprint density at radius 3 is 2.95 bits per heavy atom. The smallest absolute Gasteiger partial charge is 0.254 e. The van der Waals surface area contributed by atoms with Crippen LogP contribution in [-0.2, 0) is 0 Å². The van der Waals surface area contributed by atoms with Crippen LogP contribution in [0, 0.1) is 11.7 Å². The molecule has 0 spiro atoms. The van der Waals surface area contributed by atoms with Crippen LogP contribution in [0.3, 0.4) is 0 Å². The Kier molecular flexibility index (Phi) is 6.73. The molecule has 0 aliphatic carbocycles. The summed E-state index contributed by atoms with van der Waals surface area (Å²) >= 11 is 5.75. The number of hydrogen-bond donors (Lipinski definition) is 2. The molecule has 1 heterocycles. The van der Waals surface area contributed by atoms with Gasteiger partial charge < -0.3 is 10.4 Å². The highest BCUT2D eigenvalue weighted by Gasteiger charge is 2.14. The lowest BCUT2D eigenvalue weighted by Crippen LogP contribution is -2.30. The second-order valence-electron chi connectivity index (χ2n) is 4.37. The maximum absolute atomic E-state index is 13.0. The van der Waals surface area contributed by atoms with Crippen molar-refractivity contribution in [1.82, 2.24) is 10.3 Å². The molecule has 1 unspecified atom stereocenters. The van der Waals surface area contributed by atoms with Crippen molar-refractivity contribution in [3.8, 4) is 0 Å². The van der Waals surface area contributed by atoms with Crippen LogP contribution in [0.15, 0.2) is 12.3 Å². The summed E-state index contributed by atoms with van der Waals surface area (Å²) in [7, 11) is 0. The molecule has 0 aliphatic rings. The fraction of sp³-hybridized carbons (Fsp3) is 0.538. The molecule has 0 aliphatic heterocycles. The van der Waals surface area contributed by atoms with E-state index in [1.54, 1.807) is 0 Å². The molecule has 1 atom stereocenters. The number of rotatable bonds is 7. The maximum atomic E-state index is 13.0. The summed E-state index contributed by atoms with van der Waals surface area (Å²) < 4.78 is 13.0. The van der Waals surface area contributed by atoms with Gasteiger partial charge in [0, 0.05) is 13.2 Å². The fourth-order valence-electron chi connectivity index (χ4n) is 1.85. The van der Waals surface area contributed by atoms with Gasteiger partial charge in [0.15, 0.2) is 0 Å². The lowest BCUT2D eigenvalue weighted by Gasteiger charge is -2.15. The number of carbonyl (C=O) groups is 1. The van der Waals surface area contributed by atoms with E-state index in [2.05, 4.69) is 10.3 Å². The third-order valence-electron chi connectivity index (χ3n) is 2.84. The van der Waals surface area contributed by atoms with E-state index in [0.29, 0.717) is 13.0 Å². The molecule has 1 aromatic rings. The number of hydrogen-bond acceptors (Lipinski definition) is 3. The summed E-state index contributed by atoms with van der Waals surface area (Å²) in [6.45, 7) is 2.56. The zero-order valence-electron chi connectivity index (χ0n) is 10.8. The molecule has 6 heteroatoms. The first-order valence-electron chi connectivity index (χ1n) is 6.28. The van der Waals surface area contributed by atoms with Gasteiger partial charge in [-0.05, 0) is 24.8 Å². The molecule has 1 rings (SSSR count). The highest BCUT2D eigenvalue weighted by molar-refractivity contribution is 6.32. The number of nitrogens with one attached hydrogen (secondary N) is 1. The quantitative estimate of drug-likeness (QED) is 0.757. The van der Waals surface area contributed by atoms with Crippen LogP contribution in [-0.4, -0.2) is 29.1 Å². The van der Waals surface area contributed by atoms with Gasteiger partial charge in [-0.25, -0.2) is 9.37 Å². The molecule has 19 heavy (non-hydrogen) atoms. The number of aliphatic hydroxyl groups excluding tert-OH is 1. The molecular weight excluding hydrogens is 271 g/mol. The Labute approximate surface area is 117 Å². The summed E-state index contributed by atoms with van der Waals surface area (Å²) in [6, 6.07) is 1.06. The van der Waals surface area contributed by atoms with Gasteiger partial charge in [-0.15, -0.1) is 0 Å². The predicted molar refractivity (Wildman–Crippen MR) is 71.6 cm³/mol. The first-order valence-corrected chi connectivity index (χ1v) is 6.66. The summed E-state index contributed by atoms with van der Waals surface area (Å²) in [5.74, 6) is -0.842. The number of aromatic nitrogens is 1. The van der Waals surface area contributed by atoms with Gasteiger partial charge in [-0.1, -0.05) is 24.9 Å². The molecule has 0 fully saturated rings. The minimum Gasteiger partial charge on any atom is -0.396 e. The van der Waals surface area contributed by atoms with Crippen LogP contribution in [0.25, 0.3) is 0 Å². The van der Waals surface area contributed by atoms with Gasteiger partial charge in [0.1, 0.15) is 11.0 Å². The van der Waals surface area contributed by atoms with Crippen molar-refractivity contribution in [1.29, 1.82) is 0 Å². The average molecular weight is 289 g/mol. The van der Waals surface area contributed by atoms with Gasteiger partial charge >= 0.3 is 0 Å². The highest BCUT2D eigenvalue weighted by Crippen LogP contribution is 2.14. The molecule has 1 amide bonds. The van der Waals surface area contributed by atoms with E-state index in [1.165, 1.54) is 0 Å². The summed E-state index contributed by atoms with van der Waals surface area (Å²) in [5.41, 5.74) is 0.0286. The van der Waals surface area contributed by atoms with E-state index in [4.69, 9.17) is 16.7 Å². The lowest BCUT2D eigenvalue weighted by atomic mass is 10.0. The molecule has 1 aromatic heterocycles. The SMILES string of the molecule is CCCC(CCO)CNC(=O)c1cc(F)cnc1Cl. The first kappa shape index (κ1) is 15.9. The van der Waals surface area contributed by atoms with Crippen LogP contribution in [0.2, 0.25) is 5.15 Å². The van der Waals surface area contributed by atoms with E-state index < -0.39 is 11.7 Å². The maximum Gasteiger partial charge on any atom is 0.254 e. The average Bonchev–Trinajstić information content (AvgIpc) is 2.39. The Hall–Kier alpha value is -1.20. The second-order valence-corrected chi connectivity index (χ2v) is 4.73. The largest absolute Gasteiger partial charge is 0.396 e.